The number of hydrogen-bond acceptors (Lipinski definition) is 3. The molecule has 1 aromatic heterocycles. The first-order valence-corrected chi connectivity index (χ1v) is 5.93. The van der Waals surface area contributed by atoms with Gasteiger partial charge in [0, 0.05) is 12.8 Å². The summed E-state index contributed by atoms with van der Waals surface area (Å²) in [5.41, 5.74) is 6.84. The van der Waals surface area contributed by atoms with Crippen molar-refractivity contribution in [2.75, 3.05) is 6.61 Å². The molecule has 2 heterocycles. The molecule has 4 heteroatoms. The minimum Gasteiger partial charge on any atom is -0.376 e. The molecule has 4 nitrogen and oxygen atoms in total. The van der Waals surface area contributed by atoms with E-state index < -0.39 is 0 Å². The molecule has 1 fully saturated rings. The van der Waals surface area contributed by atoms with Crippen LogP contribution in [0.5, 0.6) is 0 Å². The van der Waals surface area contributed by atoms with E-state index in [0.29, 0.717) is 12.1 Å². The highest BCUT2D eigenvalue weighted by Crippen LogP contribution is 2.27. The summed E-state index contributed by atoms with van der Waals surface area (Å²) in [5, 5.41) is 0. The van der Waals surface area contributed by atoms with Crippen LogP contribution in [-0.2, 0) is 10.3 Å². The predicted octanol–water partition coefficient (Wildman–Crippen LogP) is 1.82. The summed E-state index contributed by atoms with van der Waals surface area (Å²) in [4.78, 5) is 4.21. The molecule has 16 heavy (non-hydrogen) atoms. The molecule has 2 N–H and O–H groups in total. The fraction of sp³-hybridized carbons (Fsp3) is 0.750. The summed E-state index contributed by atoms with van der Waals surface area (Å²) in [6.45, 7) is 7.06. The summed E-state index contributed by atoms with van der Waals surface area (Å²) in [6, 6.07) is 0.308. The minimum atomic E-state index is -0.358. The van der Waals surface area contributed by atoms with Crippen LogP contribution in [0, 0.1) is 0 Å². The molecule has 1 saturated heterocycles. The van der Waals surface area contributed by atoms with Gasteiger partial charge in [0.15, 0.2) is 0 Å². The first-order valence-electron chi connectivity index (χ1n) is 5.93. The monoisotopic (exact) mass is 223 g/mol. The number of ether oxygens (including phenoxy) is 1. The van der Waals surface area contributed by atoms with Crippen LogP contribution < -0.4 is 5.73 Å². The molecule has 1 aliphatic heterocycles. The van der Waals surface area contributed by atoms with Gasteiger partial charge in [-0.3, -0.25) is 0 Å². The smallest absolute Gasteiger partial charge is 0.0952 e. The minimum absolute atomic E-state index is 0.301. The van der Waals surface area contributed by atoms with E-state index in [1.165, 1.54) is 0 Å². The Kier molecular flexibility index (Phi) is 3.04. The summed E-state index contributed by atoms with van der Waals surface area (Å²) < 4.78 is 7.87. The van der Waals surface area contributed by atoms with E-state index in [1.807, 2.05) is 26.4 Å². The van der Waals surface area contributed by atoms with Gasteiger partial charge in [0.1, 0.15) is 0 Å². The van der Waals surface area contributed by atoms with Crippen LogP contribution in [0.15, 0.2) is 12.5 Å². The maximum absolute atomic E-state index is 6.14. The zero-order valence-corrected chi connectivity index (χ0v) is 10.3. The zero-order chi connectivity index (χ0) is 11.8. The SMILES string of the molecule is CC(C1CCCO1)n1cncc1C(C)(C)N. The first-order chi connectivity index (χ1) is 7.50. The number of nitrogens with zero attached hydrogens (tertiary/aromatic N) is 2. The highest BCUT2D eigenvalue weighted by molar-refractivity contribution is 5.11. The van der Waals surface area contributed by atoms with Crippen LogP contribution >= 0.6 is 0 Å². The lowest BCUT2D eigenvalue weighted by Gasteiger charge is -2.27. The second-order valence-corrected chi connectivity index (χ2v) is 5.20. The van der Waals surface area contributed by atoms with Crippen LogP contribution in [0.25, 0.3) is 0 Å². The number of imidazole rings is 1. The number of hydrogen-bond donors (Lipinski definition) is 1. The van der Waals surface area contributed by atoms with Gasteiger partial charge in [0.05, 0.1) is 29.7 Å². The lowest BCUT2D eigenvalue weighted by atomic mass is 10.0. The fourth-order valence-corrected chi connectivity index (χ4v) is 2.29. The van der Waals surface area contributed by atoms with Crippen molar-refractivity contribution >= 4 is 0 Å². The number of nitrogens with two attached hydrogens (primary N) is 1. The Balaban J connectivity index is 2.23. The molecule has 0 amide bonds. The predicted molar refractivity (Wildman–Crippen MR) is 63.1 cm³/mol. The molecule has 2 rings (SSSR count). The third kappa shape index (κ3) is 2.13. The van der Waals surface area contributed by atoms with Crippen LogP contribution in [0.2, 0.25) is 0 Å². The van der Waals surface area contributed by atoms with Crippen molar-refractivity contribution < 1.29 is 4.74 Å². The van der Waals surface area contributed by atoms with E-state index in [-0.39, 0.29) is 5.54 Å². The van der Waals surface area contributed by atoms with Crippen LogP contribution in [0.3, 0.4) is 0 Å². The Morgan fingerprint density at radius 1 is 1.62 bits per heavy atom. The van der Waals surface area contributed by atoms with Crippen molar-refractivity contribution in [3.63, 3.8) is 0 Å². The Morgan fingerprint density at radius 3 is 2.94 bits per heavy atom. The summed E-state index contributed by atoms with van der Waals surface area (Å²) in [7, 11) is 0. The molecule has 90 valence electrons. The lowest BCUT2D eigenvalue weighted by molar-refractivity contribution is 0.0714. The van der Waals surface area contributed by atoms with Gasteiger partial charge >= 0.3 is 0 Å². The second-order valence-electron chi connectivity index (χ2n) is 5.20. The van der Waals surface area contributed by atoms with Crippen molar-refractivity contribution in [1.29, 1.82) is 0 Å². The van der Waals surface area contributed by atoms with E-state index in [0.717, 1.165) is 25.1 Å². The van der Waals surface area contributed by atoms with E-state index >= 15 is 0 Å². The van der Waals surface area contributed by atoms with Crippen molar-refractivity contribution in [2.24, 2.45) is 5.73 Å². The molecular weight excluding hydrogens is 202 g/mol. The molecule has 0 aliphatic carbocycles. The van der Waals surface area contributed by atoms with Gasteiger partial charge in [-0.15, -0.1) is 0 Å². The average Bonchev–Trinajstić information content (AvgIpc) is 2.87. The van der Waals surface area contributed by atoms with Gasteiger partial charge in [-0.05, 0) is 33.6 Å². The first kappa shape index (κ1) is 11.6. The van der Waals surface area contributed by atoms with Gasteiger partial charge in [-0.25, -0.2) is 4.98 Å². The largest absolute Gasteiger partial charge is 0.376 e. The Labute approximate surface area is 96.8 Å². The van der Waals surface area contributed by atoms with Crippen LogP contribution in [-0.4, -0.2) is 22.3 Å². The third-order valence-corrected chi connectivity index (χ3v) is 3.27. The van der Waals surface area contributed by atoms with Gasteiger partial charge in [0.25, 0.3) is 0 Å². The van der Waals surface area contributed by atoms with E-state index in [9.17, 15) is 0 Å². The normalized spacial score (nSPS) is 23.6. The Bertz CT molecular complexity index is 347. The average molecular weight is 223 g/mol. The highest BCUT2D eigenvalue weighted by Gasteiger charge is 2.28. The Hall–Kier alpha value is -0.870. The van der Waals surface area contributed by atoms with Gasteiger partial charge in [-0.2, -0.15) is 0 Å². The molecule has 0 saturated carbocycles. The molecular formula is C12H21N3O. The molecule has 0 radical (unpaired) electrons. The van der Waals surface area contributed by atoms with Gasteiger partial charge < -0.3 is 15.0 Å². The van der Waals surface area contributed by atoms with E-state index in [4.69, 9.17) is 10.5 Å². The van der Waals surface area contributed by atoms with Crippen molar-refractivity contribution in [2.45, 2.75) is 51.3 Å². The van der Waals surface area contributed by atoms with Crippen molar-refractivity contribution in [1.82, 2.24) is 9.55 Å². The summed E-state index contributed by atoms with van der Waals surface area (Å²) in [6.07, 6.45) is 6.30. The van der Waals surface area contributed by atoms with Crippen LogP contribution in [0.4, 0.5) is 0 Å². The van der Waals surface area contributed by atoms with Crippen molar-refractivity contribution in [3.05, 3.63) is 18.2 Å². The van der Waals surface area contributed by atoms with Gasteiger partial charge in [0.2, 0.25) is 0 Å². The fourth-order valence-electron chi connectivity index (χ4n) is 2.29. The third-order valence-electron chi connectivity index (χ3n) is 3.27. The molecule has 0 spiro atoms. The Morgan fingerprint density at radius 2 is 2.38 bits per heavy atom. The zero-order valence-electron chi connectivity index (χ0n) is 10.3. The summed E-state index contributed by atoms with van der Waals surface area (Å²) >= 11 is 0. The van der Waals surface area contributed by atoms with E-state index in [1.54, 1.807) is 0 Å². The standard InChI is InChI=1S/C12H21N3O/c1-9(10-5-4-6-16-10)15-8-14-7-11(15)12(2,3)13/h7-10H,4-6,13H2,1-3H3. The molecule has 0 aromatic carbocycles. The highest BCUT2D eigenvalue weighted by atomic mass is 16.5. The quantitative estimate of drug-likeness (QED) is 0.850. The lowest BCUT2D eigenvalue weighted by Crippen LogP contribution is -2.34. The number of rotatable bonds is 3. The van der Waals surface area contributed by atoms with E-state index in [2.05, 4.69) is 16.5 Å². The van der Waals surface area contributed by atoms with Crippen LogP contribution in [0.1, 0.15) is 45.3 Å². The topological polar surface area (TPSA) is 53.1 Å². The van der Waals surface area contributed by atoms with Gasteiger partial charge in [-0.1, -0.05) is 0 Å². The molecule has 2 atom stereocenters. The molecule has 0 bridgehead atoms. The number of aromatic nitrogens is 2. The maximum Gasteiger partial charge on any atom is 0.0952 e. The summed E-state index contributed by atoms with van der Waals surface area (Å²) in [5.74, 6) is 0. The molecule has 1 aliphatic rings. The van der Waals surface area contributed by atoms with Crippen molar-refractivity contribution in [3.8, 4) is 0 Å². The molecule has 1 aromatic rings. The molecule has 2 unspecified atom stereocenters. The second kappa shape index (κ2) is 4.18. The maximum atomic E-state index is 6.14.